The van der Waals surface area contributed by atoms with Gasteiger partial charge in [0.25, 0.3) is 0 Å². The van der Waals surface area contributed by atoms with Gasteiger partial charge in [-0.15, -0.1) is 0 Å². The first-order chi connectivity index (χ1) is 10.7. The van der Waals surface area contributed by atoms with Gasteiger partial charge in [0.05, 0.1) is 12.3 Å². The van der Waals surface area contributed by atoms with E-state index in [4.69, 9.17) is 4.74 Å². The van der Waals surface area contributed by atoms with Crippen LogP contribution in [0.3, 0.4) is 0 Å². The van der Waals surface area contributed by atoms with Crippen molar-refractivity contribution in [2.24, 2.45) is 5.92 Å². The number of benzene rings is 1. The van der Waals surface area contributed by atoms with Crippen molar-refractivity contribution in [1.29, 1.82) is 0 Å². The minimum atomic E-state index is -0.261. The Morgan fingerprint density at radius 2 is 2.18 bits per heavy atom. The van der Waals surface area contributed by atoms with Crippen molar-refractivity contribution in [1.82, 2.24) is 4.90 Å². The van der Waals surface area contributed by atoms with Gasteiger partial charge >= 0.3 is 6.09 Å². The molecule has 0 saturated carbocycles. The lowest BCUT2D eigenvalue weighted by Crippen LogP contribution is -2.51. The summed E-state index contributed by atoms with van der Waals surface area (Å²) in [5, 5.41) is 0. The van der Waals surface area contributed by atoms with Crippen LogP contribution in [-0.2, 0) is 16.0 Å². The second-order valence-electron chi connectivity index (χ2n) is 6.24. The Kier molecular flexibility index (Phi) is 3.10. The molecule has 0 aliphatic carbocycles. The Morgan fingerprint density at radius 1 is 1.32 bits per heavy atom. The van der Waals surface area contributed by atoms with E-state index < -0.39 is 0 Å². The molecule has 3 aliphatic heterocycles. The number of ether oxygens (including phenoxy) is 1. The number of likely N-dealkylation sites (tertiary alicyclic amines) is 1. The standard InChI is InChI=1S/C17H20N2O3/c1-2-22-17(21)18-8-7-13-14(10-18)12-5-3-4-11-6-9-19(15(11)12)16(13)20/h3-5,13-14H,2,6-10H2,1H3/t13-,14+/m1/s1. The zero-order valence-electron chi connectivity index (χ0n) is 12.7. The topological polar surface area (TPSA) is 49.9 Å². The van der Waals surface area contributed by atoms with E-state index in [1.54, 1.807) is 4.90 Å². The maximum Gasteiger partial charge on any atom is 0.409 e. The predicted octanol–water partition coefficient (Wildman–Crippen LogP) is 2.15. The van der Waals surface area contributed by atoms with Crippen molar-refractivity contribution < 1.29 is 14.3 Å². The van der Waals surface area contributed by atoms with Gasteiger partial charge in [-0.25, -0.2) is 4.79 Å². The largest absolute Gasteiger partial charge is 0.450 e. The number of hydrogen-bond donors (Lipinski definition) is 0. The highest BCUT2D eigenvalue weighted by molar-refractivity contribution is 6.01. The van der Waals surface area contributed by atoms with Gasteiger partial charge in [-0.1, -0.05) is 18.2 Å². The molecule has 1 aromatic rings. The molecule has 22 heavy (non-hydrogen) atoms. The zero-order valence-corrected chi connectivity index (χ0v) is 12.7. The number of amides is 2. The van der Waals surface area contributed by atoms with Crippen LogP contribution in [-0.4, -0.2) is 43.1 Å². The molecule has 2 atom stereocenters. The number of para-hydroxylation sites is 1. The fourth-order valence-corrected chi connectivity index (χ4v) is 4.15. The second kappa shape index (κ2) is 5.00. The molecular formula is C17H20N2O3. The normalized spacial score (nSPS) is 25.8. The number of nitrogens with zero attached hydrogens (tertiary/aromatic N) is 2. The summed E-state index contributed by atoms with van der Waals surface area (Å²) in [6.07, 6.45) is 1.40. The molecule has 0 bridgehead atoms. The van der Waals surface area contributed by atoms with Gasteiger partial charge in [0, 0.05) is 31.5 Å². The Bertz CT molecular complexity index is 643. The molecule has 0 unspecified atom stereocenters. The van der Waals surface area contributed by atoms with Crippen LogP contribution in [0.1, 0.15) is 30.4 Å². The fourth-order valence-electron chi connectivity index (χ4n) is 4.15. The molecule has 2 amide bonds. The average molecular weight is 300 g/mol. The first-order valence-corrected chi connectivity index (χ1v) is 8.05. The molecule has 4 rings (SSSR count). The highest BCUT2D eigenvalue weighted by Gasteiger charge is 2.46. The van der Waals surface area contributed by atoms with Crippen molar-refractivity contribution in [3.05, 3.63) is 29.3 Å². The van der Waals surface area contributed by atoms with Gasteiger partial charge in [-0.05, 0) is 30.9 Å². The maximum atomic E-state index is 12.8. The van der Waals surface area contributed by atoms with Gasteiger partial charge in [0.1, 0.15) is 0 Å². The van der Waals surface area contributed by atoms with Gasteiger partial charge in [0.15, 0.2) is 0 Å². The van der Waals surface area contributed by atoms with Gasteiger partial charge in [-0.3, -0.25) is 4.79 Å². The number of carbonyl (C=O) groups excluding carboxylic acids is 2. The van der Waals surface area contributed by atoms with E-state index in [9.17, 15) is 9.59 Å². The van der Waals surface area contributed by atoms with Crippen molar-refractivity contribution in [2.75, 3.05) is 31.1 Å². The predicted molar refractivity (Wildman–Crippen MR) is 81.9 cm³/mol. The molecule has 1 saturated heterocycles. The Balaban J connectivity index is 1.70. The molecular weight excluding hydrogens is 280 g/mol. The fraction of sp³-hybridized carbons (Fsp3) is 0.529. The summed E-state index contributed by atoms with van der Waals surface area (Å²) < 4.78 is 5.12. The monoisotopic (exact) mass is 300 g/mol. The molecule has 3 aliphatic rings. The van der Waals surface area contributed by atoms with Crippen molar-refractivity contribution in [3.63, 3.8) is 0 Å². The summed E-state index contributed by atoms with van der Waals surface area (Å²) in [7, 11) is 0. The first kappa shape index (κ1) is 13.6. The minimum Gasteiger partial charge on any atom is -0.450 e. The Hall–Kier alpha value is -2.04. The number of carbonyl (C=O) groups is 2. The molecule has 5 nitrogen and oxygen atoms in total. The third-order valence-electron chi connectivity index (χ3n) is 5.15. The van der Waals surface area contributed by atoms with E-state index in [0.717, 1.165) is 25.1 Å². The van der Waals surface area contributed by atoms with E-state index in [-0.39, 0.29) is 23.8 Å². The summed E-state index contributed by atoms with van der Waals surface area (Å²) in [6, 6.07) is 6.31. The molecule has 0 aromatic heterocycles. The van der Waals surface area contributed by atoms with Gasteiger partial charge in [-0.2, -0.15) is 0 Å². The number of fused-ring (bicyclic) bond motifs is 2. The number of anilines is 1. The number of rotatable bonds is 1. The van der Waals surface area contributed by atoms with Gasteiger partial charge in [0.2, 0.25) is 5.91 Å². The third kappa shape index (κ3) is 1.84. The highest BCUT2D eigenvalue weighted by atomic mass is 16.6. The van der Waals surface area contributed by atoms with Crippen LogP contribution in [0.15, 0.2) is 18.2 Å². The molecule has 0 radical (unpaired) electrons. The summed E-state index contributed by atoms with van der Waals surface area (Å²) in [4.78, 5) is 28.5. The second-order valence-corrected chi connectivity index (χ2v) is 6.24. The maximum absolute atomic E-state index is 12.8. The van der Waals surface area contributed by atoms with Crippen LogP contribution in [0, 0.1) is 5.92 Å². The minimum absolute atomic E-state index is 0.00604. The molecule has 1 aromatic carbocycles. The Morgan fingerprint density at radius 3 is 3.00 bits per heavy atom. The average Bonchev–Trinajstić information content (AvgIpc) is 2.97. The van der Waals surface area contributed by atoms with Crippen LogP contribution in [0.2, 0.25) is 0 Å². The van der Waals surface area contributed by atoms with Crippen LogP contribution < -0.4 is 4.90 Å². The van der Waals surface area contributed by atoms with Crippen LogP contribution >= 0.6 is 0 Å². The van der Waals surface area contributed by atoms with Crippen LogP contribution in [0.5, 0.6) is 0 Å². The van der Waals surface area contributed by atoms with E-state index >= 15 is 0 Å². The van der Waals surface area contributed by atoms with Crippen LogP contribution in [0.25, 0.3) is 0 Å². The Labute approximate surface area is 129 Å². The van der Waals surface area contributed by atoms with E-state index in [2.05, 4.69) is 18.2 Å². The third-order valence-corrected chi connectivity index (χ3v) is 5.15. The zero-order chi connectivity index (χ0) is 15.3. The SMILES string of the molecule is CCOC(=O)N1CC[C@H]2C(=O)N3CCc4cccc(c43)[C@@H]2C1. The summed E-state index contributed by atoms with van der Waals surface area (Å²) in [6.45, 7) is 4.19. The lowest BCUT2D eigenvalue weighted by Gasteiger charge is -2.43. The molecule has 0 N–H and O–H groups in total. The van der Waals surface area contributed by atoms with Crippen LogP contribution in [0.4, 0.5) is 10.5 Å². The first-order valence-electron chi connectivity index (χ1n) is 8.05. The van der Waals surface area contributed by atoms with E-state index in [0.29, 0.717) is 19.7 Å². The lowest BCUT2D eigenvalue weighted by atomic mass is 9.76. The summed E-state index contributed by atoms with van der Waals surface area (Å²) in [5.74, 6) is 0.354. The van der Waals surface area contributed by atoms with Crippen molar-refractivity contribution >= 4 is 17.7 Å². The quantitative estimate of drug-likeness (QED) is 0.798. The lowest BCUT2D eigenvalue weighted by molar-refractivity contribution is -0.124. The molecule has 1 fully saturated rings. The highest BCUT2D eigenvalue weighted by Crippen LogP contribution is 2.47. The summed E-state index contributed by atoms with van der Waals surface area (Å²) >= 11 is 0. The summed E-state index contributed by atoms with van der Waals surface area (Å²) in [5.41, 5.74) is 3.60. The van der Waals surface area contributed by atoms with Crippen molar-refractivity contribution in [2.45, 2.75) is 25.7 Å². The molecule has 5 heteroatoms. The number of piperidine rings is 1. The smallest absolute Gasteiger partial charge is 0.409 e. The van der Waals surface area contributed by atoms with E-state index in [1.165, 1.54) is 11.1 Å². The van der Waals surface area contributed by atoms with E-state index in [1.807, 2.05) is 11.8 Å². The number of hydrogen-bond acceptors (Lipinski definition) is 3. The molecule has 0 spiro atoms. The van der Waals surface area contributed by atoms with Gasteiger partial charge < -0.3 is 14.5 Å². The van der Waals surface area contributed by atoms with Crippen molar-refractivity contribution in [3.8, 4) is 0 Å². The molecule has 116 valence electrons. The molecule has 3 heterocycles.